The SMILES string of the molecule is Br.COc1ccc(C2(O)CN3CCCCC=C3N2c2ccc(Br)cc2)cc1. The number of halogens is 2. The number of hydrogen-bond donors (Lipinski definition) is 1. The first kappa shape index (κ1) is 20.2. The number of benzene rings is 2. The van der Waals surface area contributed by atoms with Gasteiger partial charge in [-0.3, -0.25) is 4.90 Å². The van der Waals surface area contributed by atoms with E-state index in [-0.39, 0.29) is 17.0 Å². The van der Waals surface area contributed by atoms with Crippen molar-refractivity contribution in [3.63, 3.8) is 0 Å². The monoisotopic (exact) mass is 494 g/mol. The van der Waals surface area contributed by atoms with Gasteiger partial charge in [-0.05, 0) is 61.7 Å². The van der Waals surface area contributed by atoms with Crippen LogP contribution in [0.25, 0.3) is 0 Å². The Bertz CT molecular complexity index is 808. The van der Waals surface area contributed by atoms with Crippen LogP contribution >= 0.6 is 32.9 Å². The van der Waals surface area contributed by atoms with Crippen molar-refractivity contribution in [2.45, 2.75) is 25.0 Å². The second-order valence-electron chi connectivity index (χ2n) is 6.84. The average molecular weight is 496 g/mol. The van der Waals surface area contributed by atoms with Crippen LogP contribution in [0.3, 0.4) is 0 Å². The van der Waals surface area contributed by atoms with E-state index in [1.54, 1.807) is 7.11 Å². The Kier molecular flexibility index (Phi) is 6.18. The maximum atomic E-state index is 11.8. The minimum Gasteiger partial charge on any atom is -0.497 e. The van der Waals surface area contributed by atoms with E-state index in [2.05, 4.69) is 31.8 Å². The molecule has 144 valence electrons. The number of methoxy groups -OCH3 is 1. The lowest BCUT2D eigenvalue weighted by Gasteiger charge is -2.34. The molecule has 1 unspecified atom stereocenters. The van der Waals surface area contributed by atoms with Gasteiger partial charge in [0.15, 0.2) is 5.72 Å². The molecule has 0 bridgehead atoms. The highest BCUT2D eigenvalue weighted by molar-refractivity contribution is 9.10. The van der Waals surface area contributed by atoms with Gasteiger partial charge in [0.2, 0.25) is 0 Å². The fraction of sp³-hybridized carbons (Fsp3) is 0.333. The van der Waals surface area contributed by atoms with Crippen molar-refractivity contribution in [2.75, 3.05) is 25.1 Å². The number of fused-ring (bicyclic) bond motifs is 1. The molecule has 1 fully saturated rings. The maximum Gasteiger partial charge on any atom is 0.187 e. The van der Waals surface area contributed by atoms with Crippen LogP contribution < -0.4 is 9.64 Å². The first-order chi connectivity index (χ1) is 12.6. The molecule has 4 rings (SSSR count). The van der Waals surface area contributed by atoms with Crippen LogP contribution in [0, 0.1) is 0 Å². The quantitative estimate of drug-likeness (QED) is 0.647. The lowest BCUT2D eigenvalue weighted by molar-refractivity contribution is 0.0478. The van der Waals surface area contributed by atoms with Gasteiger partial charge in [-0.25, -0.2) is 0 Å². The molecule has 0 aromatic heterocycles. The molecule has 0 saturated carbocycles. The number of allylic oxidation sites excluding steroid dienone is 1. The predicted molar refractivity (Wildman–Crippen MR) is 117 cm³/mol. The zero-order valence-corrected chi connectivity index (χ0v) is 18.6. The lowest BCUT2D eigenvalue weighted by atomic mass is 10.0. The van der Waals surface area contributed by atoms with E-state index in [1.165, 1.54) is 6.42 Å². The van der Waals surface area contributed by atoms with E-state index in [9.17, 15) is 5.11 Å². The zero-order chi connectivity index (χ0) is 18.1. The fourth-order valence-corrected chi connectivity index (χ4v) is 4.12. The van der Waals surface area contributed by atoms with E-state index >= 15 is 0 Å². The summed E-state index contributed by atoms with van der Waals surface area (Å²) in [7, 11) is 1.65. The van der Waals surface area contributed by atoms with Crippen molar-refractivity contribution in [1.29, 1.82) is 0 Å². The van der Waals surface area contributed by atoms with Gasteiger partial charge in [0.05, 0.1) is 13.7 Å². The molecule has 1 atom stereocenters. The normalized spacial score (nSPS) is 21.8. The zero-order valence-electron chi connectivity index (χ0n) is 15.3. The number of nitrogens with zero attached hydrogens (tertiary/aromatic N) is 2. The Morgan fingerprint density at radius 3 is 2.41 bits per heavy atom. The Balaban J connectivity index is 0.00000210. The molecule has 4 nitrogen and oxygen atoms in total. The van der Waals surface area contributed by atoms with E-state index in [4.69, 9.17) is 4.74 Å². The third-order valence-corrected chi connectivity index (χ3v) is 5.71. The third-order valence-electron chi connectivity index (χ3n) is 5.18. The second kappa shape index (κ2) is 8.25. The van der Waals surface area contributed by atoms with Gasteiger partial charge in [0.1, 0.15) is 11.6 Å². The highest BCUT2D eigenvalue weighted by Crippen LogP contribution is 2.43. The van der Waals surface area contributed by atoms with E-state index in [1.807, 2.05) is 48.5 Å². The van der Waals surface area contributed by atoms with Crippen molar-refractivity contribution in [1.82, 2.24) is 4.90 Å². The van der Waals surface area contributed by atoms with Crippen LogP contribution in [-0.2, 0) is 5.72 Å². The summed E-state index contributed by atoms with van der Waals surface area (Å²) in [5, 5.41) is 11.8. The summed E-state index contributed by atoms with van der Waals surface area (Å²) in [6, 6.07) is 15.9. The fourth-order valence-electron chi connectivity index (χ4n) is 3.86. The number of rotatable bonds is 3. The molecular weight excluding hydrogens is 472 g/mol. The van der Waals surface area contributed by atoms with E-state index in [0.717, 1.165) is 46.7 Å². The Morgan fingerprint density at radius 2 is 1.74 bits per heavy atom. The van der Waals surface area contributed by atoms with Crippen LogP contribution in [0.5, 0.6) is 5.75 Å². The Hall–Kier alpha value is -1.50. The first-order valence-corrected chi connectivity index (χ1v) is 9.79. The van der Waals surface area contributed by atoms with Gasteiger partial charge in [-0.2, -0.15) is 0 Å². The lowest BCUT2D eigenvalue weighted by Crippen LogP contribution is -2.43. The van der Waals surface area contributed by atoms with Crippen LogP contribution in [-0.4, -0.2) is 30.2 Å². The van der Waals surface area contributed by atoms with Crippen molar-refractivity contribution in [2.24, 2.45) is 0 Å². The summed E-state index contributed by atoms with van der Waals surface area (Å²) in [6.07, 6.45) is 5.64. The highest BCUT2D eigenvalue weighted by Gasteiger charge is 2.48. The summed E-state index contributed by atoms with van der Waals surface area (Å²) in [5.74, 6) is 1.89. The molecule has 6 heteroatoms. The van der Waals surface area contributed by atoms with Crippen LogP contribution in [0.15, 0.2) is 64.9 Å². The summed E-state index contributed by atoms with van der Waals surface area (Å²) >= 11 is 3.50. The molecule has 2 aliphatic heterocycles. The standard InChI is InChI=1S/C21H23BrN2O2.BrH/c1-26-19-12-6-16(7-13-19)21(25)15-23-14-4-2-3-5-20(23)24(21)18-10-8-17(22)9-11-18;/h5-13,25H,2-4,14-15H2,1H3;1H. The van der Waals surface area contributed by atoms with Gasteiger partial charge < -0.3 is 14.7 Å². The van der Waals surface area contributed by atoms with Crippen molar-refractivity contribution in [3.8, 4) is 5.75 Å². The molecule has 1 N–H and O–H groups in total. The number of anilines is 1. The smallest absolute Gasteiger partial charge is 0.187 e. The molecule has 0 radical (unpaired) electrons. The average Bonchev–Trinajstić information content (AvgIpc) is 2.80. The van der Waals surface area contributed by atoms with Gasteiger partial charge in [-0.15, -0.1) is 17.0 Å². The summed E-state index contributed by atoms with van der Waals surface area (Å²) in [6.45, 7) is 1.53. The topological polar surface area (TPSA) is 35.9 Å². The summed E-state index contributed by atoms with van der Waals surface area (Å²) in [4.78, 5) is 4.38. The van der Waals surface area contributed by atoms with Crippen LogP contribution in [0.1, 0.15) is 24.8 Å². The third kappa shape index (κ3) is 3.75. The number of hydrogen-bond acceptors (Lipinski definition) is 4. The first-order valence-electron chi connectivity index (χ1n) is 9.00. The molecule has 0 spiro atoms. The van der Waals surface area contributed by atoms with Crippen molar-refractivity contribution >= 4 is 38.6 Å². The summed E-state index contributed by atoms with van der Waals surface area (Å²) < 4.78 is 6.31. The molecule has 1 saturated heterocycles. The molecule has 2 aromatic rings. The number of aliphatic hydroxyl groups is 1. The molecule has 2 aliphatic rings. The van der Waals surface area contributed by atoms with Crippen LogP contribution in [0.2, 0.25) is 0 Å². The molecule has 2 aromatic carbocycles. The highest BCUT2D eigenvalue weighted by atomic mass is 79.9. The molecule has 0 amide bonds. The summed E-state index contributed by atoms with van der Waals surface area (Å²) in [5.41, 5.74) is 0.751. The van der Waals surface area contributed by atoms with Gasteiger partial charge >= 0.3 is 0 Å². The van der Waals surface area contributed by atoms with E-state index < -0.39 is 5.72 Å². The van der Waals surface area contributed by atoms with E-state index in [0.29, 0.717) is 6.54 Å². The number of ether oxygens (including phenoxy) is 1. The van der Waals surface area contributed by atoms with Crippen LogP contribution in [0.4, 0.5) is 5.69 Å². The predicted octanol–water partition coefficient (Wildman–Crippen LogP) is 5.03. The minimum absolute atomic E-state index is 0. The minimum atomic E-state index is -1.11. The van der Waals surface area contributed by atoms with Crippen molar-refractivity contribution < 1.29 is 9.84 Å². The Labute approximate surface area is 179 Å². The van der Waals surface area contributed by atoms with Gasteiger partial charge in [0, 0.05) is 22.3 Å². The molecule has 27 heavy (non-hydrogen) atoms. The molecule has 0 aliphatic carbocycles. The molecule has 2 heterocycles. The van der Waals surface area contributed by atoms with Gasteiger partial charge in [0.25, 0.3) is 0 Å². The second-order valence-corrected chi connectivity index (χ2v) is 7.75. The molecular formula is C21H24Br2N2O2. The van der Waals surface area contributed by atoms with Gasteiger partial charge in [-0.1, -0.05) is 28.1 Å². The maximum absolute atomic E-state index is 11.8. The largest absolute Gasteiger partial charge is 0.497 e. The Morgan fingerprint density at radius 1 is 1.04 bits per heavy atom. The van der Waals surface area contributed by atoms with Crippen molar-refractivity contribution in [3.05, 3.63) is 70.5 Å².